The van der Waals surface area contributed by atoms with Gasteiger partial charge in [0.15, 0.2) is 0 Å². The first-order valence-electron chi connectivity index (χ1n) is 17.4. The van der Waals surface area contributed by atoms with E-state index in [1.165, 1.54) is 38.9 Å². The van der Waals surface area contributed by atoms with Crippen molar-refractivity contribution in [1.82, 2.24) is 0 Å². The average Bonchev–Trinajstić information content (AvgIpc) is 3.21. The molecule has 0 aliphatic rings. The molecule has 0 saturated heterocycles. The van der Waals surface area contributed by atoms with Crippen LogP contribution in [0.15, 0.2) is 212 Å². The Kier molecular flexibility index (Phi) is 8.96. The molecule has 0 spiro atoms. The number of hydrogen-bond acceptors (Lipinski definition) is 2. The fraction of sp³-hybridized carbons (Fsp3) is 0.0204. The van der Waals surface area contributed by atoms with Gasteiger partial charge in [0.05, 0.1) is 0 Å². The predicted molar refractivity (Wildman–Crippen MR) is 217 cm³/mol. The summed E-state index contributed by atoms with van der Waals surface area (Å²) < 4.78 is 0. The van der Waals surface area contributed by atoms with Gasteiger partial charge in [0.2, 0.25) is 0 Å². The second-order valence-corrected chi connectivity index (χ2v) is 12.8. The molecule has 0 N–H and O–H groups in total. The number of para-hydroxylation sites is 1. The highest BCUT2D eigenvalue weighted by atomic mass is 15.1. The third kappa shape index (κ3) is 6.94. The van der Waals surface area contributed by atoms with Crippen LogP contribution in [0.5, 0.6) is 0 Å². The molecule has 8 rings (SSSR count). The molecule has 2 heteroatoms. The van der Waals surface area contributed by atoms with E-state index in [9.17, 15) is 0 Å². The van der Waals surface area contributed by atoms with E-state index in [1.54, 1.807) is 0 Å². The van der Waals surface area contributed by atoms with Crippen LogP contribution in [0.4, 0.5) is 34.1 Å². The highest BCUT2D eigenvalue weighted by molar-refractivity contribution is 5.83. The lowest BCUT2D eigenvalue weighted by atomic mass is 10.0. The largest absolute Gasteiger partial charge is 0.311 e. The topological polar surface area (TPSA) is 6.48 Å². The van der Waals surface area contributed by atoms with Gasteiger partial charge in [-0.25, -0.2) is 0 Å². The van der Waals surface area contributed by atoms with Gasteiger partial charge in [-0.3, -0.25) is 0 Å². The number of nitrogens with zero attached hydrogens (tertiary/aromatic N) is 2. The van der Waals surface area contributed by atoms with Gasteiger partial charge in [0.25, 0.3) is 0 Å². The molecular formula is C49H38N2. The Morgan fingerprint density at radius 1 is 0.235 bits per heavy atom. The highest BCUT2D eigenvalue weighted by Gasteiger charge is 2.15. The second-order valence-electron chi connectivity index (χ2n) is 12.8. The average molecular weight is 655 g/mol. The Morgan fingerprint density at radius 2 is 0.529 bits per heavy atom. The summed E-state index contributed by atoms with van der Waals surface area (Å²) in [6, 6.07) is 75.8. The van der Waals surface area contributed by atoms with Crippen LogP contribution in [0, 0.1) is 6.92 Å². The molecule has 0 unspecified atom stereocenters. The summed E-state index contributed by atoms with van der Waals surface area (Å²) >= 11 is 0. The van der Waals surface area contributed by atoms with Crippen molar-refractivity contribution in [3.8, 4) is 33.4 Å². The minimum atomic E-state index is 1.11. The third-order valence-corrected chi connectivity index (χ3v) is 9.34. The van der Waals surface area contributed by atoms with Gasteiger partial charge in [-0.2, -0.15) is 0 Å². The van der Waals surface area contributed by atoms with Crippen LogP contribution in [-0.2, 0) is 0 Å². The van der Waals surface area contributed by atoms with Crippen LogP contribution in [-0.4, -0.2) is 0 Å². The number of aryl methyl sites for hydroxylation is 1. The molecule has 0 saturated carbocycles. The van der Waals surface area contributed by atoms with Gasteiger partial charge < -0.3 is 9.80 Å². The zero-order valence-electron chi connectivity index (χ0n) is 28.6. The Labute approximate surface area is 301 Å². The molecule has 0 amide bonds. The molecule has 0 radical (unpaired) electrons. The van der Waals surface area contributed by atoms with Gasteiger partial charge in [0.1, 0.15) is 0 Å². The predicted octanol–water partition coefficient (Wildman–Crippen LogP) is 13.9. The summed E-state index contributed by atoms with van der Waals surface area (Å²) in [5.74, 6) is 0. The maximum absolute atomic E-state index is 2.32. The first-order chi connectivity index (χ1) is 25.2. The van der Waals surface area contributed by atoms with Gasteiger partial charge in [-0.05, 0) is 113 Å². The first kappa shape index (κ1) is 31.6. The van der Waals surface area contributed by atoms with Gasteiger partial charge in [-0.15, -0.1) is 0 Å². The van der Waals surface area contributed by atoms with E-state index in [4.69, 9.17) is 0 Å². The Bertz CT molecular complexity index is 2310. The third-order valence-electron chi connectivity index (χ3n) is 9.34. The van der Waals surface area contributed by atoms with Crippen LogP contribution in [0.2, 0.25) is 0 Å². The summed E-state index contributed by atoms with van der Waals surface area (Å²) in [5, 5.41) is 0. The van der Waals surface area contributed by atoms with E-state index in [1.807, 2.05) is 0 Å². The molecule has 0 aliphatic carbocycles. The smallest absolute Gasteiger partial charge is 0.0467 e. The fourth-order valence-electron chi connectivity index (χ4n) is 6.66. The normalized spacial score (nSPS) is 10.8. The maximum atomic E-state index is 2.32. The molecule has 0 fully saturated rings. The number of anilines is 6. The summed E-state index contributed by atoms with van der Waals surface area (Å²) in [4.78, 5) is 4.64. The van der Waals surface area contributed by atoms with E-state index in [0.717, 1.165) is 34.1 Å². The monoisotopic (exact) mass is 654 g/mol. The SMILES string of the molecule is Cc1ccc(N(c2ccc(-c3ccccc3)cc2)c2ccc(-c3ccc(N(c4ccccc4)c4cccc(-c5ccccc5)c4)cc3)cc2)cc1. The van der Waals surface area contributed by atoms with Crippen molar-refractivity contribution in [1.29, 1.82) is 0 Å². The quantitative estimate of drug-likeness (QED) is 0.153. The van der Waals surface area contributed by atoms with Crippen molar-refractivity contribution in [2.45, 2.75) is 6.92 Å². The van der Waals surface area contributed by atoms with Crippen LogP contribution in [0.25, 0.3) is 33.4 Å². The van der Waals surface area contributed by atoms with Crippen molar-refractivity contribution in [2.75, 3.05) is 9.80 Å². The fourth-order valence-corrected chi connectivity index (χ4v) is 6.66. The minimum absolute atomic E-state index is 1.11. The molecule has 0 bridgehead atoms. The molecule has 8 aromatic rings. The minimum Gasteiger partial charge on any atom is -0.311 e. The van der Waals surface area contributed by atoms with Crippen LogP contribution in [0.3, 0.4) is 0 Å². The molecule has 0 aliphatic heterocycles. The number of benzene rings is 8. The lowest BCUT2D eigenvalue weighted by molar-refractivity contribution is 1.27. The number of hydrogen-bond donors (Lipinski definition) is 0. The van der Waals surface area contributed by atoms with E-state index >= 15 is 0 Å². The van der Waals surface area contributed by atoms with Crippen molar-refractivity contribution in [2.24, 2.45) is 0 Å². The molecule has 0 heterocycles. The van der Waals surface area contributed by atoms with Gasteiger partial charge in [-0.1, -0.05) is 145 Å². The van der Waals surface area contributed by atoms with Crippen LogP contribution in [0.1, 0.15) is 5.56 Å². The summed E-state index contributed by atoms with van der Waals surface area (Å²) in [5.41, 5.74) is 15.1. The van der Waals surface area contributed by atoms with E-state index < -0.39 is 0 Å². The Hall–Kier alpha value is -6.64. The first-order valence-corrected chi connectivity index (χ1v) is 17.4. The lowest BCUT2D eigenvalue weighted by Gasteiger charge is -2.26. The second kappa shape index (κ2) is 14.5. The summed E-state index contributed by atoms with van der Waals surface area (Å²) in [6.07, 6.45) is 0. The number of rotatable bonds is 9. The van der Waals surface area contributed by atoms with Crippen molar-refractivity contribution in [3.05, 3.63) is 218 Å². The highest BCUT2D eigenvalue weighted by Crippen LogP contribution is 2.39. The van der Waals surface area contributed by atoms with E-state index in [2.05, 4.69) is 229 Å². The van der Waals surface area contributed by atoms with E-state index in [-0.39, 0.29) is 0 Å². The van der Waals surface area contributed by atoms with Crippen molar-refractivity contribution < 1.29 is 0 Å². The molecule has 0 atom stereocenters. The van der Waals surface area contributed by atoms with Crippen LogP contribution < -0.4 is 9.80 Å². The summed E-state index contributed by atoms with van der Waals surface area (Å²) in [7, 11) is 0. The molecule has 0 aromatic heterocycles. The lowest BCUT2D eigenvalue weighted by Crippen LogP contribution is -2.10. The van der Waals surface area contributed by atoms with E-state index in [0.29, 0.717) is 0 Å². The maximum Gasteiger partial charge on any atom is 0.0467 e. The standard InChI is InChI=1S/C49H38N2/c1-37-20-28-45(29-21-37)50(46-30-22-40(23-31-46)38-12-5-2-6-13-38)47-32-24-41(25-33-47)42-26-34-48(35-27-42)51(44-17-9-4-10-18-44)49-19-11-16-43(36-49)39-14-7-3-8-15-39/h2-36H,1H3. The van der Waals surface area contributed by atoms with Crippen molar-refractivity contribution >= 4 is 34.1 Å². The molecular weight excluding hydrogens is 617 g/mol. The Balaban J connectivity index is 1.10. The zero-order valence-corrected chi connectivity index (χ0v) is 28.6. The molecule has 51 heavy (non-hydrogen) atoms. The zero-order chi connectivity index (χ0) is 34.4. The Morgan fingerprint density at radius 3 is 0.980 bits per heavy atom. The van der Waals surface area contributed by atoms with Crippen LogP contribution >= 0.6 is 0 Å². The molecule has 2 nitrogen and oxygen atoms in total. The summed E-state index contributed by atoms with van der Waals surface area (Å²) in [6.45, 7) is 2.13. The van der Waals surface area contributed by atoms with Crippen molar-refractivity contribution in [3.63, 3.8) is 0 Å². The van der Waals surface area contributed by atoms with Gasteiger partial charge >= 0.3 is 0 Å². The molecule has 8 aromatic carbocycles. The van der Waals surface area contributed by atoms with Gasteiger partial charge in [0, 0.05) is 34.1 Å². The molecule has 244 valence electrons.